The highest BCUT2D eigenvalue weighted by Crippen LogP contribution is 2.11. The fraction of sp³-hybridized carbons (Fsp3) is 0.312. The molecule has 0 fully saturated rings. The maximum absolute atomic E-state index is 12.2. The summed E-state index contributed by atoms with van der Waals surface area (Å²) < 4.78 is 3.71. The Balaban J connectivity index is 1.58. The van der Waals surface area contributed by atoms with Gasteiger partial charge in [-0.1, -0.05) is 6.07 Å². The van der Waals surface area contributed by atoms with Crippen molar-refractivity contribution in [2.75, 3.05) is 6.54 Å². The first-order valence-corrected chi connectivity index (χ1v) is 7.34. The molecule has 0 spiro atoms. The average Bonchev–Trinajstić information content (AvgIpc) is 3.08. The van der Waals surface area contributed by atoms with Crippen LogP contribution in [-0.4, -0.2) is 31.6 Å². The highest BCUT2D eigenvalue weighted by Gasteiger charge is 2.14. The van der Waals surface area contributed by atoms with Gasteiger partial charge in [-0.05, 0) is 37.5 Å². The van der Waals surface area contributed by atoms with Crippen molar-refractivity contribution in [2.45, 2.75) is 19.8 Å². The predicted octanol–water partition coefficient (Wildman–Crippen LogP) is 1.74. The third-order valence-corrected chi connectivity index (χ3v) is 3.67. The Morgan fingerprint density at radius 3 is 2.95 bits per heavy atom. The van der Waals surface area contributed by atoms with Crippen molar-refractivity contribution < 1.29 is 4.79 Å². The first-order valence-electron chi connectivity index (χ1n) is 7.34. The minimum absolute atomic E-state index is 0.118. The average molecular weight is 297 g/mol. The number of aromatic nitrogens is 4. The molecule has 1 amide bonds. The Kier molecular flexibility index (Phi) is 3.91. The van der Waals surface area contributed by atoms with Crippen LogP contribution in [0, 0.1) is 6.92 Å². The number of nitrogens with one attached hydrogen (secondary N) is 1. The predicted molar refractivity (Wildman–Crippen MR) is 83.8 cm³/mol. The molecule has 6 heteroatoms. The van der Waals surface area contributed by atoms with E-state index in [9.17, 15) is 4.79 Å². The van der Waals surface area contributed by atoms with Gasteiger partial charge in [0.2, 0.25) is 0 Å². The second kappa shape index (κ2) is 6.01. The third kappa shape index (κ3) is 2.86. The van der Waals surface area contributed by atoms with Crippen molar-refractivity contribution in [3.63, 3.8) is 0 Å². The molecule has 3 aromatic rings. The summed E-state index contributed by atoms with van der Waals surface area (Å²) >= 11 is 0. The topological polar surface area (TPSA) is 64.2 Å². The quantitative estimate of drug-likeness (QED) is 0.730. The first-order chi connectivity index (χ1) is 10.6. The lowest BCUT2D eigenvalue weighted by Gasteiger charge is -2.03. The van der Waals surface area contributed by atoms with Gasteiger partial charge in [0.25, 0.3) is 5.91 Å². The van der Waals surface area contributed by atoms with Crippen molar-refractivity contribution in [2.24, 2.45) is 7.05 Å². The van der Waals surface area contributed by atoms with Crippen LogP contribution in [0.5, 0.6) is 0 Å². The number of rotatable bonds is 5. The van der Waals surface area contributed by atoms with Crippen LogP contribution < -0.4 is 5.32 Å². The molecule has 3 rings (SSSR count). The van der Waals surface area contributed by atoms with Gasteiger partial charge < -0.3 is 9.72 Å². The number of aryl methyl sites for hydroxylation is 3. The van der Waals surface area contributed by atoms with Gasteiger partial charge in [-0.15, -0.1) is 0 Å². The lowest BCUT2D eigenvalue weighted by molar-refractivity contribution is 0.0948. The van der Waals surface area contributed by atoms with E-state index >= 15 is 0 Å². The summed E-state index contributed by atoms with van der Waals surface area (Å²) in [6, 6.07) is 5.74. The van der Waals surface area contributed by atoms with E-state index in [1.54, 1.807) is 4.68 Å². The summed E-state index contributed by atoms with van der Waals surface area (Å²) in [6.45, 7) is 2.53. The number of imidazole rings is 1. The van der Waals surface area contributed by atoms with Gasteiger partial charge in [0.15, 0.2) is 0 Å². The highest BCUT2D eigenvalue weighted by molar-refractivity contribution is 5.94. The fourth-order valence-corrected chi connectivity index (χ4v) is 2.51. The molecule has 0 aliphatic heterocycles. The number of nitrogens with zero attached hydrogens (tertiary/aromatic N) is 4. The summed E-state index contributed by atoms with van der Waals surface area (Å²) in [7, 11) is 1.90. The van der Waals surface area contributed by atoms with Crippen molar-refractivity contribution in [1.29, 1.82) is 0 Å². The maximum Gasteiger partial charge on any atom is 0.271 e. The van der Waals surface area contributed by atoms with E-state index in [4.69, 9.17) is 0 Å². The molecule has 3 aromatic heterocycles. The molecule has 0 saturated carbocycles. The number of pyridine rings is 1. The van der Waals surface area contributed by atoms with Crippen LogP contribution in [0.3, 0.4) is 0 Å². The van der Waals surface area contributed by atoms with Crippen molar-refractivity contribution in [1.82, 2.24) is 24.5 Å². The lowest BCUT2D eigenvalue weighted by atomic mass is 10.2. The summed E-state index contributed by atoms with van der Waals surface area (Å²) in [5, 5.41) is 7.07. The summed E-state index contributed by atoms with van der Waals surface area (Å²) in [6.07, 6.45) is 7.54. The van der Waals surface area contributed by atoms with Crippen LogP contribution in [0.2, 0.25) is 0 Å². The van der Waals surface area contributed by atoms with E-state index < -0.39 is 0 Å². The molecular formula is C16H19N5O. The first kappa shape index (κ1) is 14.3. The molecule has 0 aromatic carbocycles. The van der Waals surface area contributed by atoms with Crippen LogP contribution in [-0.2, 0) is 13.5 Å². The number of hydrogen-bond acceptors (Lipinski definition) is 3. The Labute approximate surface area is 128 Å². The minimum Gasteiger partial charge on any atom is -0.351 e. The Morgan fingerprint density at radius 2 is 2.23 bits per heavy atom. The van der Waals surface area contributed by atoms with Gasteiger partial charge in [-0.3, -0.25) is 9.48 Å². The molecule has 0 radical (unpaired) electrons. The Bertz CT molecular complexity index is 802. The molecule has 0 saturated heterocycles. The third-order valence-electron chi connectivity index (χ3n) is 3.67. The van der Waals surface area contributed by atoms with Gasteiger partial charge in [0, 0.05) is 26.0 Å². The molecule has 0 atom stereocenters. The zero-order chi connectivity index (χ0) is 15.5. The zero-order valence-electron chi connectivity index (χ0n) is 12.8. The van der Waals surface area contributed by atoms with E-state index in [1.807, 2.05) is 55.2 Å². The molecular weight excluding hydrogens is 278 g/mol. The smallest absolute Gasteiger partial charge is 0.271 e. The summed E-state index contributed by atoms with van der Waals surface area (Å²) in [4.78, 5) is 16.6. The summed E-state index contributed by atoms with van der Waals surface area (Å²) in [5.41, 5.74) is 3.33. The molecule has 3 heterocycles. The number of amides is 1. The standard InChI is InChI=1S/C16H19N5O/c1-12-15(19-14-7-3-4-9-21(12)14)16(22)17-8-5-6-13-10-18-20(2)11-13/h3-4,7,9-11H,5-6,8H2,1-2H3,(H,17,22). The van der Waals surface area contributed by atoms with Crippen molar-refractivity contribution in [3.05, 3.63) is 53.7 Å². The molecule has 6 nitrogen and oxygen atoms in total. The van der Waals surface area contributed by atoms with E-state index in [0.29, 0.717) is 12.2 Å². The maximum atomic E-state index is 12.2. The molecule has 114 valence electrons. The monoisotopic (exact) mass is 297 g/mol. The van der Waals surface area contributed by atoms with Gasteiger partial charge in [0.1, 0.15) is 11.3 Å². The number of carbonyl (C=O) groups excluding carboxylic acids is 1. The van der Waals surface area contributed by atoms with Crippen molar-refractivity contribution >= 4 is 11.6 Å². The number of fused-ring (bicyclic) bond motifs is 1. The van der Waals surface area contributed by atoms with Crippen LogP contribution in [0.15, 0.2) is 36.8 Å². The van der Waals surface area contributed by atoms with Crippen LogP contribution in [0.4, 0.5) is 0 Å². The molecule has 0 aliphatic carbocycles. The van der Waals surface area contributed by atoms with E-state index in [1.165, 1.54) is 5.56 Å². The second-order valence-electron chi connectivity index (χ2n) is 5.36. The van der Waals surface area contributed by atoms with Gasteiger partial charge in [-0.25, -0.2) is 4.98 Å². The molecule has 0 bridgehead atoms. The minimum atomic E-state index is -0.118. The number of hydrogen-bond donors (Lipinski definition) is 1. The molecule has 1 N–H and O–H groups in total. The van der Waals surface area contributed by atoms with Gasteiger partial charge in [0.05, 0.1) is 11.9 Å². The molecule has 0 aliphatic rings. The summed E-state index contributed by atoms with van der Waals surface area (Å²) in [5.74, 6) is -0.118. The SMILES string of the molecule is Cc1c(C(=O)NCCCc2cnn(C)c2)nc2ccccn12. The van der Waals surface area contributed by atoms with Crippen LogP contribution in [0.25, 0.3) is 5.65 Å². The fourth-order valence-electron chi connectivity index (χ4n) is 2.51. The normalized spacial score (nSPS) is 11.0. The van der Waals surface area contributed by atoms with Crippen molar-refractivity contribution in [3.8, 4) is 0 Å². The van der Waals surface area contributed by atoms with Crippen LogP contribution >= 0.6 is 0 Å². The van der Waals surface area contributed by atoms with Gasteiger partial charge >= 0.3 is 0 Å². The molecule has 22 heavy (non-hydrogen) atoms. The lowest BCUT2D eigenvalue weighted by Crippen LogP contribution is -2.25. The van der Waals surface area contributed by atoms with E-state index in [-0.39, 0.29) is 5.91 Å². The van der Waals surface area contributed by atoms with Crippen LogP contribution in [0.1, 0.15) is 28.2 Å². The van der Waals surface area contributed by atoms with E-state index in [2.05, 4.69) is 15.4 Å². The largest absolute Gasteiger partial charge is 0.351 e. The number of carbonyl (C=O) groups is 1. The molecule has 0 unspecified atom stereocenters. The zero-order valence-corrected chi connectivity index (χ0v) is 12.8. The Morgan fingerprint density at radius 1 is 1.36 bits per heavy atom. The highest BCUT2D eigenvalue weighted by atomic mass is 16.1. The Hall–Kier alpha value is -2.63. The second-order valence-corrected chi connectivity index (χ2v) is 5.36. The van der Waals surface area contributed by atoms with E-state index in [0.717, 1.165) is 24.2 Å². The van der Waals surface area contributed by atoms with Gasteiger partial charge in [-0.2, -0.15) is 5.10 Å².